The fraction of sp³-hybridized carbons (Fsp3) is 0.167. The summed E-state index contributed by atoms with van der Waals surface area (Å²) in [6.45, 7) is 6.03. The average Bonchev–Trinajstić information content (AvgIpc) is 2.70. The maximum absolute atomic E-state index is 13.1. The minimum Gasteiger partial charge on any atom is -0.338 e. The lowest BCUT2D eigenvalue weighted by molar-refractivity contribution is -0.137. The van der Waals surface area contributed by atoms with E-state index in [1.54, 1.807) is 6.07 Å². The summed E-state index contributed by atoms with van der Waals surface area (Å²) in [6, 6.07) is 17.0. The molecule has 0 fully saturated rings. The highest BCUT2D eigenvalue weighted by Crippen LogP contribution is 2.35. The quantitative estimate of drug-likeness (QED) is 0.398. The van der Waals surface area contributed by atoms with E-state index >= 15 is 0 Å². The van der Waals surface area contributed by atoms with Gasteiger partial charge in [0.05, 0.1) is 5.56 Å². The van der Waals surface area contributed by atoms with Crippen molar-refractivity contribution in [1.29, 1.82) is 0 Å². The predicted octanol–water partition coefficient (Wildman–Crippen LogP) is 6.98. The molecule has 1 heterocycles. The second kappa shape index (κ2) is 7.44. The Kier molecular flexibility index (Phi) is 4.94. The summed E-state index contributed by atoms with van der Waals surface area (Å²) in [7, 11) is 0. The standard InChI is InChI=1S/C24H20F3N3/c1-14-7-4-5-10-19(14)22-20-11-15(2)16(3)12-21(20)23(30-29-22)28-18-9-6-8-17(13-18)24(25,26)27/h4-13H,1-3H3,(H,28,30). The van der Waals surface area contributed by atoms with Gasteiger partial charge in [0.25, 0.3) is 0 Å². The highest BCUT2D eigenvalue weighted by atomic mass is 19.4. The van der Waals surface area contributed by atoms with Gasteiger partial charge in [0.15, 0.2) is 5.82 Å². The molecule has 4 aromatic rings. The highest BCUT2D eigenvalue weighted by Gasteiger charge is 2.30. The van der Waals surface area contributed by atoms with Gasteiger partial charge in [0.2, 0.25) is 0 Å². The number of aromatic nitrogens is 2. The summed E-state index contributed by atoms with van der Waals surface area (Å²) in [6.07, 6.45) is -4.41. The summed E-state index contributed by atoms with van der Waals surface area (Å²) in [5.41, 5.74) is 4.57. The van der Waals surface area contributed by atoms with Gasteiger partial charge in [0, 0.05) is 22.0 Å². The molecule has 0 bridgehead atoms. The molecular formula is C24H20F3N3. The lowest BCUT2D eigenvalue weighted by atomic mass is 9.97. The predicted molar refractivity (Wildman–Crippen MR) is 114 cm³/mol. The number of fused-ring (bicyclic) bond motifs is 1. The van der Waals surface area contributed by atoms with Crippen molar-refractivity contribution in [2.45, 2.75) is 26.9 Å². The molecule has 0 radical (unpaired) electrons. The van der Waals surface area contributed by atoms with Gasteiger partial charge < -0.3 is 5.32 Å². The molecule has 0 aliphatic heterocycles. The third-order valence-corrected chi connectivity index (χ3v) is 5.25. The average molecular weight is 407 g/mol. The number of aryl methyl sites for hydroxylation is 3. The molecule has 0 spiro atoms. The van der Waals surface area contributed by atoms with Gasteiger partial charge in [-0.2, -0.15) is 13.2 Å². The second-order valence-electron chi connectivity index (χ2n) is 7.40. The first kappa shape index (κ1) is 19.9. The molecule has 0 atom stereocenters. The zero-order valence-electron chi connectivity index (χ0n) is 16.8. The van der Waals surface area contributed by atoms with Gasteiger partial charge >= 0.3 is 6.18 Å². The Hall–Kier alpha value is -3.41. The molecule has 0 saturated heterocycles. The molecule has 0 saturated carbocycles. The van der Waals surface area contributed by atoms with Gasteiger partial charge in [-0.25, -0.2) is 0 Å². The van der Waals surface area contributed by atoms with E-state index in [1.165, 1.54) is 6.07 Å². The van der Waals surface area contributed by atoms with Gasteiger partial charge in [-0.1, -0.05) is 30.3 Å². The number of benzene rings is 3. The molecule has 4 rings (SSSR count). The van der Waals surface area contributed by atoms with Gasteiger partial charge in [-0.15, -0.1) is 10.2 Å². The van der Waals surface area contributed by atoms with Crippen LogP contribution >= 0.6 is 0 Å². The normalized spacial score (nSPS) is 11.7. The van der Waals surface area contributed by atoms with E-state index in [9.17, 15) is 13.2 Å². The number of rotatable bonds is 3. The zero-order valence-corrected chi connectivity index (χ0v) is 16.8. The zero-order chi connectivity index (χ0) is 21.5. The van der Waals surface area contributed by atoms with E-state index < -0.39 is 11.7 Å². The van der Waals surface area contributed by atoms with E-state index in [4.69, 9.17) is 0 Å². The molecule has 30 heavy (non-hydrogen) atoms. The van der Waals surface area contributed by atoms with Crippen LogP contribution in [0.2, 0.25) is 0 Å². The lowest BCUT2D eigenvalue weighted by Crippen LogP contribution is -2.06. The number of nitrogens with one attached hydrogen (secondary N) is 1. The third-order valence-electron chi connectivity index (χ3n) is 5.25. The number of nitrogens with zero attached hydrogens (tertiary/aromatic N) is 2. The number of alkyl halides is 3. The summed E-state index contributed by atoms with van der Waals surface area (Å²) >= 11 is 0. The molecule has 6 heteroatoms. The minimum atomic E-state index is -4.41. The molecule has 0 aliphatic carbocycles. The molecule has 0 amide bonds. The molecule has 3 aromatic carbocycles. The summed E-state index contributed by atoms with van der Waals surface area (Å²) in [5.74, 6) is 0.421. The minimum absolute atomic E-state index is 0.308. The Morgan fingerprint density at radius 1 is 0.733 bits per heavy atom. The van der Waals surface area contributed by atoms with Crippen molar-refractivity contribution >= 4 is 22.3 Å². The van der Waals surface area contributed by atoms with Crippen molar-refractivity contribution in [3.8, 4) is 11.3 Å². The van der Waals surface area contributed by atoms with Gasteiger partial charge in [-0.3, -0.25) is 0 Å². The van der Waals surface area contributed by atoms with Crippen LogP contribution in [0.25, 0.3) is 22.0 Å². The van der Waals surface area contributed by atoms with Gasteiger partial charge in [0.1, 0.15) is 5.69 Å². The van der Waals surface area contributed by atoms with Crippen LogP contribution in [0, 0.1) is 20.8 Å². The van der Waals surface area contributed by atoms with Crippen molar-refractivity contribution in [2.24, 2.45) is 0 Å². The van der Waals surface area contributed by atoms with E-state index in [0.717, 1.165) is 50.9 Å². The Morgan fingerprint density at radius 2 is 1.43 bits per heavy atom. The molecule has 152 valence electrons. The third kappa shape index (κ3) is 3.73. The fourth-order valence-corrected chi connectivity index (χ4v) is 3.46. The maximum atomic E-state index is 13.1. The van der Waals surface area contributed by atoms with Crippen molar-refractivity contribution in [3.63, 3.8) is 0 Å². The van der Waals surface area contributed by atoms with Crippen LogP contribution in [0.1, 0.15) is 22.3 Å². The van der Waals surface area contributed by atoms with Crippen LogP contribution in [-0.2, 0) is 6.18 Å². The lowest BCUT2D eigenvalue weighted by Gasteiger charge is -2.15. The molecule has 0 unspecified atom stereocenters. The van der Waals surface area contributed by atoms with Crippen LogP contribution < -0.4 is 5.32 Å². The Morgan fingerprint density at radius 3 is 2.13 bits per heavy atom. The molecule has 0 aliphatic rings. The first-order valence-corrected chi connectivity index (χ1v) is 9.52. The number of anilines is 2. The molecule has 1 aromatic heterocycles. The van der Waals surface area contributed by atoms with Crippen molar-refractivity contribution in [2.75, 3.05) is 5.32 Å². The topological polar surface area (TPSA) is 37.8 Å². The highest BCUT2D eigenvalue weighted by molar-refractivity contribution is 6.02. The fourth-order valence-electron chi connectivity index (χ4n) is 3.46. The van der Waals surface area contributed by atoms with Crippen LogP contribution in [0.3, 0.4) is 0 Å². The van der Waals surface area contributed by atoms with Crippen LogP contribution in [-0.4, -0.2) is 10.2 Å². The summed E-state index contributed by atoms with van der Waals surface area (Å²) < 4.78 is 39.2. The van der Waals surface area contributed by atoms with E-state index in [0.29, 0.717) is 11.5 Å². The largest absolute Gasteiger partial charge is 0.416 e. The maximum Gasteiger partial charge on any atom is 0.416 e. The van der Waals surface area contributed by atoms with E-state index in [1.807, 2.05) is 51.1 Å². The van der Waals surface area contributed by atoms with Crippen molar-refractivity contribution < 1.29 is 13.2 Å². The molecule has 1 N–H and O–H groups in total. The Labute approximate surface area is 172 Å². The Balaban J connectivity index is 1.88. The first-order chi connectivity index (χ1) is 14.2. The van der Waals surface area contributed by atoms with Crippen LogP contribution in [0.15, 0.2) is 60.7 Å². The first-order valence-electron chi connectivity index (χ1n) is 9.52. The Bertz CT molecular complexity index is 1250. The monoisotopic (exact) mass is 407 g/mol. The van der Waals surface area contributed by atoms with E-state index in [2.05, 4.69) is 21.6 Å². The smallest absolute Gasteiger partial charge is 0.338 e. The number of hydrogen-bond donors (Lipinski definition) is 1. The van der Waals surface area contributed by atoms with Crippen LogP contribution in [0.4, 0.5) is 24.7 Å². The van der Waals surface area contributed by atoms with Crippen molar-refractivity contribution in [1.82, 2.24) is 10.2 Å². The second-order valence-corrected chi connectivity index (χ2v) is 7.40. The summed E-state index contributed by atoms with van der Waals surface area (Å²) in [5, 5.41) is 13.5. The summed E-state index contributed by atoms with van der Waals surface area (Å²) in [4.78, 5) is 0. The van der Waals surface area contributed by atoms with E-state index in [-0.39, 0.29) is 0 Å². The van der Waals surface area contributed by atoms with Gasteiger partial charge in [-0.05, 0) is 67.8 Å². The molecular weight excluding hydrogens is 387 g/mol. The van der Waals surface area contributed by atoms with Crippen LogP contribution in [0.5, 0.6) is 0 Å². The SMILES string of the molecule is Cc1cc2c(Nc3cccc(C(F)(F)F)c3)nnc(-c3ccccc3C)c2cc1C. The van der Waals surface area contributed by atoms with Crippen molar-refractivity contribution in [3.05, 3.63) is 82.9 Å². The molecule has 3 nitrogen and oxygen atoms in total. The number of hydrogen-bond acceptors (Lipinski definition) is 3. The number of halogens is 3.